The summed E-state index contributed by atoms with van der Waals surface area (Å²) < 4.78 is 0. The second-order valence-electron chi connectivity index (χ2n) is 3.77. The second-order valence-corrected chi connectivity index (χ2v) is 3.77. The Bertz CT molecular complexity index is 383. The average molecular weight is 205 g/mol. The lowest BCUT2D eigenvalue weighted by molar-refractivity contribution is 0.0943. The van der Waals surface area contributed by atoms with E-state index in [1.807, 2.05) is 13.8 Å². The molecule has 1 N–H and O–H groups in total. The Morgan fingerprint density at radius 1 is 1.20 bits per heavy atom. The molecule has 0 saturated carbocycles. The third-order valence-electron chi connectivity index (χ3n) is 1.95. The molecule has 0 heterocycles. The van der Waals surface area contributed by atoms with Crippen LogP contribution in [0.25, 0.3) is 0 Å². The highest BCUT2D eigenvalue weighted by atomic mass is 16.1. The summed E-state index contributed by atoms with van der Waals surface area (Å²) in [5.74, 6) is -0.178. The quantitative estimate of drug-likeness (QED) is 0.767. The van der Waals surface area contributed by atoms with E-state index in [-0.39, 0.29) is 17.7 Å². The van der Waals surface area contributed by atoms with Gasteiger partial charge in [0.2, 0.25) is 0 Å². The van der Waals surface area contributed by atoms with Crippen molar-refractivity contribution in [2.24, 2.45) is 0 Å². The van der Waals surface area contributed by atoms with Crippen molar-refractivity contribution in [3.63, 3.8) is 0 Å². The Hall–Kier alpha value is -1.64. The lowest BCUT2D eigenvalue weighted by Crippen LogP contribution is -2.30. The molecule has 3 heteroatoms. The number of amides is 1. The summed E-state index contributed by atoms with van der Waals surface area (Å²) in [5.41, 5.74) is 1.09. The Morgan fingerprint density at radius 2 is 1.80 bits per heavy atom. The van der Waals surface area contributed by atoms with E-state index >= 15 is 0 Å². The van der Waals surface area contributed by atoms with Crippen molar-refractivity contribution in [2.45, 2.75) is 26.8 Å². The van der Waals surface area contributed by atoms with Gasteiger partial charge in [-0.05, 0) is 32.9 Å². The van der Waals surface area contributed by atoms with Crippen molar-refractivity contribution in [1.29, 1.82) is 0 Å². The second kappa shape index (κ2) is 4.73. The third-order valence-corrected chi connectivity index (χ3v) is 1.95. The zero-order valence-electron chi connectivity index (χ0n) is 9.20. The van der Waals surface area contributed by atoms with Gasteiger partial charge in [0.15, 0.2) is 5.78 Å². The van der Waals surface area contributed by atoms with Crippen LogP contribution in [0, 0.1) is 0 Å². The van der Waals surface area contributed by atoms with E-state index in [1.54, 1.807) is 24.3 Å². The predicted molar refractivity (Wildman–Crippen MR) is 59.0 cm³/mol. The van der Waals surface area contributed by atoms with Crippen molar-refractivity contribution in [3.05, 3.63) is 35.4 Å². The first-order valence-corrected chi connectivity index (χ1v) is 4.92. The van der Waals surface area contributed by atoms with Gasteiger partial charge in [-0.15, -0.1) is 0 Å². The number of hydrogen-bond acceptors (Lipinski definition) is 2. The largest absolute Gasteiger partial charge is 0.350 e. The van der Waals surface area contributed by atoms with Crippen LogP contribution in [0.4, 0.5) is 0 Å². The highest BCUT2D eigenvalue weighted by Crippen LogP contribution is 2.06. The predicted octanol–water partition coefficient (Wildman–Crippen LogP) is 2.03. The van der Waals surface area contributed by atoms with Gasteiger partial charge in [-0.3, -0.25) is 9.59 Å². The molecule has 0 aliphatic rings. The molecule has 0 radical (unpaired) electrons. The monoisotopic (exact) mass is 205 g/mol. The molecule has 80 valence electrons. The van der Waals surface area contributed by atoms with E-state index < -0.39 is 0 Å². The molecular formula is C12H15NO2. The SMILES string of the molecule is CC(=O)c1cccc(C(=O)NC(C)C)c1. The maximum Gasteiger partial charge on any atom is 0.251 e. The minimum Gasteiger partial charge on any atom is -0.350 e. The smallest absolute Gasteiger partial charge is 0.251 e. The zero-order chi connectivity index (χ0) is 11.4. The van der Waals surface area contributed by atoms with Gasteiger partial charge in [0.05, 0.1) is 0 Å². The van der Waals surface area contributed by atoms with Crippen LogP contribution in [0.2, 0.25) is 0 Å². The van der Waals surface area contributed by atoms with E-state index in [4.69, 9.17) is 0 Å². The fourth-order valence-corrected chi connectivity index (χ4v) is 1.22. The number of benzene rings is 1. The molecule has 3 nitrogen and oxygen atoms in total. The molecule has 0 bridgehead atoms. The third kappa shape index (κ3) is 3.20. The first kappa shape index (κ1) is 11.4. The highest BCUT2D eigenvalue weighted by molar-refractivity contribution is 5.99. The van der Waals surface area contributed by atoms with Crippen LogP contribution in [0.5, 0.6) is 0 Å². The van der Waals surface area contributed by atoms with E-state index in [0.717, 1.165) is 0 Å². The molecule has 0 aromatic heterocycles. The van der Waals surface area contributed by atoms with E-state index in [1.165, 1.54) is 6.92 Å². The Balaban J connectivity index is 2.90. The van der Waals surface area contributed by atoms with Crippen LogP contribution in [-0.2, 0) is 0 Å². The van der Waals surface area contributed by atoms with Crippen LogP contribution in [0.3, 0.4) is 0 Å². The molecule has 0 aliphatic carbocycles. The Labute approximate surface area is 89.5 Å². The fourth-order valence-electron chi connectivity index (χ4n) is 1.22. The standard InChI is InChI=1S/C12H15NO2/c1-8(2)13-12(15)11-6-4-5-10(7-11)9(3)14/h4-8H,1-3H3,(H,13,15). The zero-order valence-corrected chi connectivity index (χ0v) is 9.20. The molecule has 0 saturated heterocycles. The number of Topliss-reactive ketones (excluding diaryl/α,β-unsaturated/α-hetero) is 1. The molecule has 0 fully saturated rings. The van der Waals surface area contributed by atoms with E-state index in [9.17, 15) is 9.59 Å². The van der Waals surface area contributed by atoms with Crippen LogP contribution >= 0.6 is 0 Å². The van der Waals surface area contributed by atoms with Crippen LogP contribution in [0.15, 0.2) is 24.3 Å². The first-order chi connectivity index (χ1) is 7.00. The van der Waals surface area contributed by atoms with Gasteiger partial charge in [-0.25, -0.2) is 0 Å². The molecule has 0 atom stereocenters. The summed E-state index contributed by atoms with van der Waals surface area (Å²) in [4.78, 5) is 22.7. The van der Waals surface area contributed by atoms with Crippen molar-refractivity contribution in [2.75, 3.05) is 0 Å². The molecular weight excluding hydrogens is 190 g/mol. The average Bonchev–Trinajstić information content (AvgIpc) is 2.17. The van der Waals surface area contributed by atoms with Gasteiger partial charge in [0.25, 0.3) is 5.91 Å². The Kier molecular flexibility index (Phi) is 3.61. The minimum atomic E-state index is -0.145. The van der Waals surface area contributed by atoms with Gasteiger partial charge in [0.1, 0.15) is 0 Å². The molecule has 0 aliphatic heterocycles. The lowest BCUT2D eigenvalue weighted by atomic mass is 10.1. The van der Waals surface area contributed by atoms with Gasteiger partial charge in [-0.2, -0.15) is 0 Å². The summed E-state index contributed by atoms with van der Waals surface area (Å²) in [6.45, 7) is 5.28. The summed E-state index contributed by atoms with van der Waals surface area (Å²) in [7, 11) is 0. The van der Waals surface area contributed by atoms with Gasteiger partial charge in [0, 0.05) is 17.2 Å². The van der Waals surface area contributed by atoms with Crippen LogP contribution in [0.1, 0.15) is 41.5 Å². The summed E-state index contributed by atoms with van der Waals surface area (Å²) in [6.07, 6.45) is 0. The molecule has 1 aromatic rings. The summed E-state index contributed by atoms with van der Waals surface area (Å²) in [5, 5.41) is 2.77. The van der Waals surface area contributed by atoms with Crippen molar-refractivity contribution >= 4 is 11.7 Å². The summed E-state index contributed by atoms with van der Waals surface area (Å²) >= 11 is 0. The number of nitrogens with one attached hydrogen (secondary N) is 1. The maximum absolute atomic E-state index is 11.6. The molecule has 15 heavy (non-hydrogen) atoms. The van der Waals surface area contributed by atoms with Gasteiger partial charge >= 0.3 is 0 Å². The first-order valence-electron chi connectivity index (χ1n) is 4.92. The van der Waals surface area contributed by atoms with Crippen molar-refractivity contribution in [3.8, 4) is 0 Å². The number of carbonyl (C=O) groups excluding carboxylic acids is 2. The van der Waals surface area contributed by atoms with Crippen LogP contribution < -0.4 is 5.32 Å². The van der Waals surface area contributed by atoms with Crippen molar-refractivity contribution < 1.29 is 9.59 Å². The minimum absolute atomic E-state index is 0.0332. The number of carbonyl (C=O) groups is 2. The highest BCUT2D eigenvalue weighted by Gasteiger charge is 2.08. The van der Waals surface area contributed by atoms with Crippen molar-refractivity contribution in [1.82, 2.24) is 5.32 Å². The number of rotatable bonds is 3. The van der Waals surface area contributed by atoms with Gasteiger partial charge in [-0.1, -0.05) is 12.1 Å². The molecule has 0 unspecified atom stereocenters. The van der Waals surface area contributed by atoms with Gasteiger partial charge < -0.3 is 5.32 Å². The van der Waals surface area contributed by atoms with E-state index in [0.29, 0.717) is 11.1 Å². The lowest BCUT2D eigenvalue weighted by Gasteiger charge is -2.08. The normalized spacial score (nSPS) is 10.1. The van der Waals surface area contributed by atoms with E-state index in [2.05, 4.69) is 5.32 Å². The topological polar surface area (TPSA) is 46.2 Å². The number of hydrogen-bond donors (Lipinski definition) is 1. The molecule has 1 aromatic carbocycles. The molecule has 0 spiro atoms. The molecule has 1 amide bonds. The van der Waals surface area contributed by atoms with Crippen LogP contribution in [-0.4, -0.2) is 17.7 Å². The number of ketones is 1. The maximum atomic E-state index is 11.6. The summed E-state index contributed by atoms with van der Waals surface area (Å²) in [6, 6.07) is 6.82. The fraction of sp³-hybridized carbons (Fsp3) is 0.333. The Morgan fingerprint density at radius 3 is 2.33 bits per heavy atom. The molecule has 1 rings (SSSR count).